The van der Waals surface area contributed by atoms with E-state index in [2.05, 4.69) is 20.8 Å². The molecule has 0 aliphatic carbocycles. The van der Waals surface area contributed by atoms with Gasteiger partial charge in [-0.25, -0.2) is 0 Å². The van der Waals surface area contributed by atoms with Crippen molar-refractivity contribution >= 4 is 46.1 Å². The van der Waals surface area contributed by atoms with Crippen molar-refractivity contribution in [3.63, 3.8) is 0 Å². The lowest BCUT2D eigenvalue weighted by atomic mass is 9.99. The normalized spacial score (nSPS) is 11.0. The summed E-state index contributed by atoms with van der Waals surface area (Å²) in [5, 5.41) is 14.3. The highest BCUT2D eigenvalue weighted by Crippen LogP contribution is 2.26. The molecule has 2 N–H and O–H groups in total. The van der Waals surface area contributed by atoms with Crippen LogP contribution in [0.25, 0.3) is 6.08 Å². The fraction of sp³-hybridized carbons (Fsp3) is 0.0769. The van der Waals surface area contributed by atoms with E-state index in [1.165, 1.54) is 29.2 Å². The van der Waals surface area contributed by atoms with Crippen LogP contribution in [0, 0.1) is 0 Å². The van der Waals surface area contributed by atoms with E-state index in [1.54, 1.807) is 6.08 Å². The first-order valence-corrected chi connectivity index (χ1v) is 12.4. The highest BCUT2D eigenvalue weighted by molar-refractivity contribution is 8.01. The molecule has 8 heteroatoms. The zero-order valence-corrected chi connectivity index (χ0v) is 19.8. The summed E-state index contributed by atoms with van der Waals surface area (Å²) in [7, 11) is 0. The molecule has 3 aromatic carbocycles. The van der Waals surface area contributed by atoms with Crippen molar-refractivity contribution in [1.82, 2.24) is 15.5 Å². The van der Waals surface area contributed by atoms with Crippen LogP contribution in [0.2, 0.25) is 0 Å². The number of rotatable bonds is 9. The molecular formula is C26H22N4O2S2. The van der Waals surface area contributed by atoms with Crippen LogP contribution in [0.15, 0.2) is 101 Å². The van der Waals surface area contributed by atoms with E-state index >= 15 is 0 Å². The summed E-state index contributed by atoms with van der Waals surface area (Å²) in [6.07, 6.45) is 3.18. The van der Waals surface area contributed by atoms with Crippen LogP contribution in [0.4, 0.5) is 5.13 Å². The Morgan fingerprint density at radius 3 is 2.06 bits per heavy atom. The topological polar surface area (TPSA) is 84.0 Å². The zero-order valence-electron chi connectivity index (χ0n) is 18.1. The molecule has 0 saturated heterocycles. The number of thioether (sulfide) groups is 1. The highest BCUT2D eigenvalue weighted by atomic mass is 32.2. The average Bonchev–Trinajstić information content (AvgIpc) is 3.33. The Kier molecular flexibility index (Phi) is 8.21. The lowest BCUT2D eigenvalue weighted by Crippen LogP contribution is -2.30. The number of hydrogen-bond acceptors (Lipinski definition) is 6. The molecule has 0 spiro atoms. The third kappa shape index (κ3) is 6.87. The van der Waals surface area contributed by atoms with E-state index in [0.29, 0.717) is 9.47 Å². The molecule has 170 valence electrons. The Morgan fingerprint density at radius 1 is 0.853 bits per heavy atom. The van der Waals surface area contributed by atoms with Crippen LogP contribution in [-0.4, -0.2) is 27.8 Å². The summed E-state index contributed by atoms with van der Waals surface area (Å²) >= 11 is 2.51. The van der Waals surface area contributed by atoms with E-state index in [-0.39, 0.29) is 23.6 Å². The van der Waals surface area contributed by atoms with Gasteiger partial charge in [0.25, 0.3) is 0 Å². The van der Waals surface area contributed by atoms with Gasteiger partial charge in [-0.05, 0) is 22.8 Å². The summed E-state index contributed by atoms with van der Waals surface area (Å²) in [6.45, 7) is 0. The van der Waals surface area contributed by atoms with Crippen molar-refractivity contribution < 1.29 is 9.59 Å². The van der Waals surface area contributed by atoms with Crippen LogP contribution < -0.4 is 10.6 Å². The minimum Gasteiger partial charge on any atom is -0.344 e. The van der Waals surface area contributed by atoms with Crippen LogP contribution in [0.1, 0.15) is 22.7 Å². The largest absolute Gasteiger partial charge is 0.344 e. The van der Waals surface area contributed by atoms with E-state index in [0.717, 1.165) is 16.7 Å². The molecule has 34 heavy (non-hydrogen) atoms. The molecule has 2 amide bonds. The van der Waals surface area contributed by atoms with E-state index in [9.17, 15) is 9.59 Å². The molecule has 0 atom stereocenters. The quantitative estimate of drug-likeness (QED) is 0.193. The van der Waals surface area contributed by atoms with Gasteiger partial charge in [0.1, 0.15) is 0 Å². The Hall–Kier alpha value is -3.75. The Labute approximate surface area is 206 Å². The molecule has 0 radical (unpaired) electrons. The number of nitrogens with one attached hydrogen (secondary N) is 2. The number of nitrogens with zero attached hydrogens (tertiary/aromatic N) is 2. The predicted molar refractivity (Wildman–Crippen MR) is 138 cm³/mol. The van der Waals surface area contributed by atoms with Gasteiger partial charge in [0.2, 0.25) is 16.9 Å². The Morgan fingerprint density at radius 2 is 1.44 bits per heavy atom. The molecule has 1 aromatic heterocycles. The molecule has 0 saturated carbocycles. The molecule has 0 aliphatic heterocycles. The van der Waals surface area contributed by atoms with Crippen molar-refractivity contribution in [1.29, 1.82) is 0 Å². The maximum Gasteiger partial charge on any atom is 0.250 e. The number of hydrogen-bond donors (Lipinski definition) is 2. The SMILES string of the molecule is O=C(C=Cc1ccccc1)Nc1nnc(SCC(=O)NC(c2ccccc2)c2ccccc2)s1. The molecule has 0 fully saturated rings. The van der Waals surface area contributed by atoms with Gasteiger partial charge in [-0.15, -0.1) is 10.2 Å². The second-order valence-corrected chi connectivity index (χ2v) is 9.42. The smallest absolute Gasteiger partial charge is 0.250 e. The summed E-state index contributed by atoms with van der Waals surface area (Å²) in [5.41, 5.74) is 2.95. The summed E-state index contributed by atoms with van der Waals surface area (Å²) in [5.74, 6) is -0.218. The number of amides is 2. The van der Waals surface area contributed by atoms with Crippen molar-refractivity contribution in [2.45, 2.75) is 10.4 Å². The third-order valence-electron chi connectivity index (χ3n) is 4.76. The summed E-state index contributed by atoms with van der Waals surface area (Å²) < 4.78 is 0.605. The van der Waals surface area contributed by atoms with E-state index in [4.69, 9.17) is 0 Å². The van der Waals surface area contributed by atoms with Crippen LogP contribution >= 0.6 is 23.1 Å². The Bertz CT molecular complexity index is 1210. The first-order valence-electron chi connectivity index (χ1n) is 10.6. The minimum atomic E-state index is -0.289. The van der Waals surface area contributed by atoms with Crippen LogP contribution in [0.3, 0.4) is 0 Å². The van der Waals surface area contributed by atoms with Crippen LogP contribution in [-0.2, 0) is 9.59 Å². The lowest BCUT2D eigenvalue weighted by molar-refractivity contribution is -0.119. The minimum absolute atomic E-state index is 0.116. The van der Waals surface area contributed by atoms with Gasteiger partial charge in [-0.2, -0.15) is 0 Å². The first-order chi connectivity index (χ1) is 16.7. The number of carbonyl (C=O) groups is 2. The van der Waals surface area contributed by atoms with Gasteiger partial charge in [-0.3, -0.25) is 14.9 Å². The maximum absolute atomic E-state index is 12.7. The Balaban J connectivity index is 1.31. The molecule has 6 nitrogen and oxygen atoms in total. The van der Waals surface area contributed by atoms with Gasteiger partial charge >= 0.3 is 0 Å². The van der Waals surface area contributed by atoms with E-state index in [1.807, 2.05) is 91.0 Å². The molecule has 4 rings (SSSR count). The fourth-order valence-corrected chi connectivity index (χ4v) is 4.75. The molecule has 0 unspecified atom stereocenters. The standard InChI is InChI=1S/C26H22N4O2S2/c31-22(17-16-19-10-4-1-5-11-19)28-25-29-30-26(34-25)33-18-23(32)27-24(20-12-6-2-7-13-20)21-14-8-3-9-15-21/h1-17,24H,18H2,(H,27,32)(H,28,29,31). The predicted octanol–water partition coefficient (Wildman–Crippen LogP) is 5.19. The van der Waals surface area contributed by atoms with Crippen molar-refractivity contribution in [2.24, 2.45) is 0 Å². The number of anilines is 1. The molecule has 1 heterocycles. The van der Waals surface area contributed by atoms with Crippen molar-refractivity contribution in [2.75, 3.05) is 11.1 Å². The number of aromatic nitrogens is 2. The second kappa shape index (κ2) is 11.9. The van der Waals surface area contributed by atoms with Crippen molar-refractivity contribution in [3.05, 3.63) is 114 Å². The number of carbonyl (C=O) groups excluding carboxylic acids is 2. The monoisotopic (exact) mass is 486 g/mol. The fourth-order valence-electron chi connectivity index (χ4n) is 3.18. The van der Waals surface area contributed by atoms with Gasteiger partial charge in [0, 0.05) is 6.08 Å². The van der Waals surface area contributed by atoms with Gasteiger partial charge in [-0.1, -0.05) is 114 Å². The molecular weight excluding hydrogens is 464 g/mol. The summed E-state index contributed by atoms with van der Waals surface area (Å²) in [4.78, 5) is 24.8. The second-order valence-electron chi connectivity index (χ2n) is 7.22. The molecule has 0 aliphatic rings. The maximum atomic E-state index is 12.7. The molecule has 4 aromatic rings. The van der Waals surface area contributed by atoms with Gasteiger partial charge < -0.3 is 5.32 Å². The van der Waals surface area contributed by atoms with Crippen LogP contribution in [0.5, 0.6) is 0 Å². The van der Waals surface area contributed by atoms with Gasteiger partial charge in [0.05, 0.1) is 11.8 Å². The zero-order chi connectivity index (χ0) is 23.6. The summed E-state index contributed by atoms with van der Waals surface area (Å²) in [6, 6.07) is 29.0. The van der Waals surface area contributed by atoms with Crippen molar-refractivity contribution in [3.8, 4) is 0 Å². The van der Waals surface area contributed by atoms with Gasteiger partial charge in [0.15, 0.2) is 4.34 Å². The van der Waals surface area contributed by atoms with E-state index < -0.39 is 0 Å². The molecule has 0 bridgehead atoms. The lowest BCUT2D eigenvalue weighted by Gasteiger charge is -2.19. The first kappa shape index (κ1) is 23.4. The highest BCUT2D eigenvalue weighted by Gasteiger charge is 2.17. The average molecular weight is 487 g/mol. The number of benzene rings is 3. The third-order valence-corrected chi connectivity index (χ3v) is 6.73.